The number of aromatic nitrogens is 2. The molecule has 0 radical (unpaired) electrons. The Morgan fingerprint density at radius 1 is 1.34 bits per heavy atom. The molecule has 0 aliphatic carbocycles. The van der Waals surface area contributed by atoms with Crippen molar-refractivity contribution in [1.29, 1.82) is 0 Å². The first kappa shape index (κ1) is 18.6. The molecule has 29 heavy (non-hydrogen) atoms. The van der Waals surface area contributed by atoms with Gasteiger partial charge in [0.2, 0.25) is 0 Å². The lowest BCUT2D eigenvalue weighted by atomic mass is 10.2. The van der Waals surface area contributed by atoms with Gasteiger partial charge in [0.05, 0.1) is 17.2 Å². The van der Waals surface area contributed by atoms with Crippen molar-refractivity contribution in [2.75, 3.05) is 4.90 Å². The van der Waals surface area contributed by atoms with Crippen molar-refractivity contribution in [1.82, 2.24) is 15.1 Å². The number of hydrogen-bond acceptors (Lipinski definition) is 6. The van der Waals surface area contributed by atoms with Gasteiger partial charge >= 0.3 is 5.69 Å². The molecule has 4 rings (SSSR count). The average molecular weight is 409 g/mol. The summed E-state index contributed by atoms with van der Waals surface area (Å²) in [5.41, 5.74) is 1.91. The van der Waals surface area contributed by atoms with Crippen LogP contribution in [0.1, 0.15) is 17.1 Å². The molecule has 1 N–H and O–H groups in total. The molecular weight excluding hydrogens is 394 g/mol. The Morgan fingerprint density at radius 2 is 2.17 bits per heavy atom. The zero-order chi connectivity index (χ0) is 20.5. The largest absolute Gasteiger partial charge is 0.460 e. The molecule has 1 aliphatic rings. The van der Waals surface area contributed by atoms with Gasteiger partial charge in [-0.1, -0.05) is 12.1 Å². The van der Waals surface area contributed by atoms with Crippen molar-refractivity contribution < 1.29 is 14.1 Å². The fourth-order valence-corrected chi connectivity index (χ4v) is 3.23. The maximum Gasteiger partial charge on any atom is 0.307 e. The van der Waals surface area contributed by atoms with Crippen LogP contribution in [-0.2, 0) is 11.3 Å². The molecule has 0 saturated carbocycles. The predicted molar refractivity (Wildman–Crippen MR) is 109 cm³/mol. The number of aryl methyl sites for hydroxylation is 1. The summed E-state index contributed by atoms with van der Waals surface area (Å²) in [7, 11) is 0. The fraction of sp³-hybridized carbons (Fsp3) is 0.105. The van der Waals surface area contributed by atoms with Gasteiger partial charge in [0.25, 0.3) is 5.91 Å². The minimum Gasteiger partial charge on any atom is -0.460 e. The van der Waals surface area contributed by atoms with Gasteiger partial charge in [-0.3, -0.25) is 24.5 Å². The predicted octanol–water partition coefficient (Wildman–Crippen LogP) is 3.00. The maximum atomic E-state index is 12.8. The summed E-state index contributed by atoms with van der Waals surface area (Å²) < 4.78 is 7.11. The number of carbonyl (C=O) groups is 1. The van der Waals surface area contributed by atoms with Crippen molar-refractivity contribution in [2.45, 2.75) is 13.5 Å². The number of benzene rings is 1. The van der Waals surface area contributed by atoms with E-state index in [1.165, 1.54) is 22.0 Å². The molecule has 1 aliphatic heterocycles. The third-order valence-electron chi connectivity index (χ3n) is 4.26. The topological polar surface area (TPSA) is 106 Å². The number of nitrogens with one attached hydrogen (secondary N) is 1. The molecule has 0 unspecified atom stereocenters. The van der Waals surface area contributed by atoms with E-state index >= 15 is 0 Å². The highest BCUT2D eigenvalue weighted by molar-refractivity contribution is 7.80. The van der Waals surface area contributed by atoms with Gasteiger partial charge in [0, 0.05) is 6.08 Å². The summed E-state index contributed by atoms with van der Waals surface area (Å²) in [6.07, 6.45) is 4.06. The van der Waals surface area contributed by atoms with Crippen LogP contribution in [0.15, 0.2) is 58.9 Å². The first-order chi connectivity index (χ1) is 13.9. The number of carbonyl (C=O) groups excluding carboxylic acids is 1. The molecule has 2 aromatic heterocycles. The van der Waals surface area contributed by atoms with Crippen LogP contribution in [0.4, 0.5) is 11.4 Å². The smallest absolute Gasteiger partial charge is 0.307 e. The van der Waals surface area contributed by atoms with Crippen molar-refractivity contribution in [3.05, 3.63) is 81.7 Å². The molecule has 3 aromatic rings. The molecule has 3 heterocycles. The molecule has 10 heteroatoms. The number of nitrogens with zero attached hydrogens (tertiary/aromatic N) is 4. The molecule has 0 atom stereocenters. The first-order valence-corrected chi connectivity index (χ1v) is 9.01. The van der Waals surface area contributed by atoms with Gasteiger partial charge in [-0.15, -0.1) is 0 Å². The Kier molecular flexibility index (Phi) is 4.69. The summed E-state index contributed by atoms with van der Waals surface area (Å²) in [5.74, 6) is 0.714. The van der Waals surface area contributed by atoms with Gasteiger partial charge in [0.15, 0.2) is 5.11 Å². The lowest BCUT2D eigenvalue weighted by Crippen LogP contribution is -2.30. The van der Waals surface area contributed by atoms with E-state index in [0.29, 0.717) is 28.0 Å². The molecule has 9 nitrogen and oxygen atoms in total. The number of rotatable bonds is 5. The molecule has 1 saturated heterocycles. The van der Waals surface area contributed by atoms with Crippen molar-refractivity contribution in [3.63, 3.8) is 0 Å². The Hall–Kier alpha value is -3.79. The fourth-order valence-electron chi connectivity index (χ4n) is 2.93. The van der Waals surface area contributed by atoms with Crippen LogP contribution in [0.3, 0.4) is 0 Å². The quantitative estimate of drug-likeness (QED) is 0.299. The lowest BCUT2D eigenvalue weighted by Gasteiger charge is -2.14. The van der Waals surface area contributed by atoms with Crippen LogP contribution in [0.2, 0.25) is 0 Å². The van der Waals surface area contributed by atoms with E-state index in [1.807, 2.05) is 31.2 Å². The first-order valence-electron chi connectivity index (χ1n) is 8.60. The highest BCUT2D eigenvalue weighted by Crippen LogP contribution is 2.24. The zero-order valence-electron chi connectivity index (χ0n) is 15.2. The summed E-state index contributed by atoms with van der Waals surface area (Å²) in [4.78, 5) is 24.4. The average Bonchev–Trinajstić information content (AvgIpc) is 3.37. The highest BCUT2D eigenvalue weighted by atomic mass is 32.1. The van der Waals surface area contributed by atoms with Crippen LogP contribution in [0.5, 0.6) is 0 Å². The van der Waals surface area contributed by atoms with Gasteiger partial charge < -0.3 is 9.73 Å². The van der Waals surface area contributed by atoms with E-state index in [2.05, 4.69) is 10.4 Å². The summed E-state index contributed by atoms with van der Waals surface area (Å²) in [6.45, 7) is 2.17. The van der Waals surface area contributed by atoms with Gasteiger partial charge in [-0.05, 0) is 49.0 Å². The van der Waals surface area contributed by atoms with E-state index in [0.717, 1.165) is 5.56 Å². The van der Waals surface area contributed by atoms with Crippen molar-refractivity contribution >= 4 is 40.7 Å². The summed E-state index contributed by atoms with van der Waals surface area (Å²) in [6, 6.07) is 10.9. The molecule has 0 spiro atoms. The molecule has 1 fully saturated rings. The highest BCUT2D eigenvalue weighted by Gasteiger charge is 2.32. The van der Waals surface area contributed by atoms with Crippen LogP contribution >= 0.6 is 12.2 Å². The van der Waals surface area contributed by atoms with Gasteiger partial charge in [0.1, 0.15) is 29.6 Å². The number of hydrogen-bond donors (Lipinski definition) is 1. The van der Waals surface area contributed by atoms with Crippen LogP contribution < -0.4 is 10.2 Å². The zero-order valence-corrected chi connectivity index (χ0v) is 16.0. The van der Waals surface area contributed by atoms with Crippen molar-refractivity contribution in [3.8, 4) is 0 Å². The second-order valence-electron chi connectivity index (χ2n) is 6.43. The van der Waals surface area contributed by atoms with E-state index < -0.39 is 4.92 Å². The summed E-state index contributed by atoms with van der Waals surface area (Å²) >= 11 is 5.31. The third-order valence-corrected chi connectivity index (χ3v) is 4.54. The maximum absolute atomic E-state index is 12.8. The lowest BCUT2D eigenvalue weighted by molar-refractivity contribution is -0.385. The number of anilines is 1. The van der Waals surface area contributed by atoms with Crippen molar-refractivity contribution in [2.24, 2.45) is 0 Å². The van der Waals surface area contributed by atoms with E-state index in [4.69, 9.17) is 16.6 Å². The van der Waals surface area contributed by atoms with Crippen LogP contribution in [0, 0.1) is 17.0 Å². The second-order valence-corrected chi connectivity index (χ2v) is 6.81. The number of nitro groups is 1. The minimum atomic E-state index is -0.512. The number of furan rings is 1. The number of thiocarbonyl (C=S) groups is 1. The third kappa shape index (κ3) is 3.78. The van der Waals surface area contributed by atoms with E-state index in [1.54, 1.807) is 18.2 Å². The van der Waals surface area contributed by atoms with E-state index in [9.17, 15) is 14.9 Å². The van der Waals surface area contributed by atoms with E-state index in [-0.39, 0.29) is 18.1 Å². The molecule has 0 bridgehead atoms. The molecule has 1 aromatic carbocycles. The Balaban J connectivity index is 1.52. The standard InChI is InChI=1S/C19H15N5O4S/c1-12-3-2-4-13(7-12)23-18(25)17(21-19(23)29)8-15-5-6-16(28-15)11-22-10-14(9-20-22)24(26)27/h2-10H,11H2,1H3,(H,21,29)/b17-8+. The Labute approximate surface area is 170 Å². The monoisotopic (exact) mass is 409 g/mol. The second kappa shape index (κ2) is 7.32. The van der Waals surface area contributed by atoms with Gasteiger partial charge in [-0.2, -0.15) is 5.10 Å². The Morgan fingerprint density at radius 3 is 2.90 bits per heavy atom. The summed E-state index contributed by atoms with van der Waals surface area (Å²) in [5, 5.41) is 17.9. The SMILES string of the molecule is Cc1cccc(N2C(=O)/C(=C\c3ccc(Cn4cc([N+](=O)[O-])cn4)o3)NC2=S)c1. The molecule has 1 amide bonds. The van der Waals surface area contributed by atoms with Crippen LogP contribution in [0.25, 0.3) is 6.08 Å². The van der Waals surface area contributed by atoms with Crippen LogP contribution in [-0.4, -0.2) is 25.7 Å². The normalized spacial score (nSPS) is 15.2. The van der Waals surface area contributed by atoms with Gasteiger partial charge in [-0.25, -0.2) is 0 Å². The minimum absolute atomic E-state index is 0.0931. The Bertz CT molecular complexity index is 1160. The molecule has 146 valence electrons. The molecular formula is C19H15N5O4S. The number of amides is 1.